The number of carbonyl (C=O) groups excluding carboxylic acids is 1. The van der Waals surface area contributed by atoms with E-state index in [1.54, 1.807) is 18.2 Å². The molecule has 94 valence electrons. The molecule has 0 fully saturated rings. The van der Waals surface area contributed by atoms with Crippen molar-refractivity contribution >= 4 is 5.78 Å². The predicted octanol–water partition coefficient (Wildman–Crippen LogP) is 3.23. The van der Waals surface area contributed by atoms with E-state index in [0.29, 0.717) is 0 Å². The Morgan fingerprint density at radius 2 is 1.83 bits per heavy atom. The lowest BCUT2D eigenvalue weighted by molar-refractivity contribution is -0.157. The number of hydrogen-bond acceptors (Lipinski definition) is 3. The highest BCUT2D eigenvalue weighted by atomic mass is 19.4. The number of halogens is 3. The Labute approximate surface area is 100 Å². The molecule has 1 heterocycles. The summed E-state index contributed by atoms with van der Waals surface area (Å²) in [7, 11) is 0. The van der Waals surface area contributed by atoms with Gasteiger partial charge in [-0.05, 0) is 6.92 Å². The minimum Gasteiger partial charge on any atom is -0.429 e. The summed E-state index contributed by atoms with van der Waals surface area (Å²) < 4.78 is 41.6. The third-order valence-electron chi connectivity index (χ3n) is 2.28. The first-order valence-electron chi connectivity index (χ1n) is 5.04. The lowest BCUT2D eigenvalue weighted by Crippen LogP contribution is -2.05. The van der Waals surface area contributed by atoms with Crippen molar-refractivity contribution in [3.05, 3.63) is 53.2 Å². The van der Waals surface area contributed by atoms with Crippen LogP contribution in [0.25, 0.3) is 0 Å². The molecule has 6 heteroatoms. The number of oxazole rings is 1. The number of carbonyl (C=O) groups is 1. The minimum atomic E-state index is -4.69. The van der Waals surface area contributed by atoms with Gasteiger partial charge in [-0.1, -0.05) is 30.3 Å². The molecule has 3 nitrogen and oxygen atoms in total. The van der Waals surface area contributed by atoms with Gasteiger partial charge in [0.2, 0.25) is 5.78 Å². The van der Waals surface area contributed by atoms with Crippen molar-refractivity contribution in [2.24, 2.45) is 0 Å². The standard InChI is InChI=1S/C12H8F3NO2/c1-7-10(18-11(16-7)12(13,14)15)9(17)8-5-3-2-4-6-8/h2-6H,1H3. The zero-order chi connectivity index (χ0) is 13.3. The number of nitrogens with zero attached hydrogens (tertiary/aromatic N) is 1. The fourth-order valence-electron chi connectivity index (χ4n) is 1.45. The largest absolute Gasteiger partial charge is 0.468 e. The van der Waals surface area contributed by atoms with Crippen LogP contribution in [0.1, 0.15) is 27.7 Å². The van der Waals surface area contributed by atoms with Gasteiger partial charge >= 0.3 is 12.1 Å². The van der Waals surface area contributed by atoms with Crippen molar-refractivity contribution < 1.29 is 22.4 Å². The first kappa shape index (κ1) is 12.3. The van der Waals surface area contributed by atoms with E-state index < -0.39 is 17.9 Å². The van der Waals surface area contributed by atoms with Crippen LogP contribution in [0.5, 0.6) is 0 Å². The SMILES string of the molecule is Cc1nc(C(F)(F)F)oc1C(=O)c1ccccc1. The number of benzene rings is 1. The number of hydrogen-bond donors (Lipinski definition) is 0. The van der Waals surface area contributed by atoms with E-state index in [2.05, 4.69) is 9.40 Å². The average molecular weight is 255 g/mol. The van der Waals surface area contributed by atoms with Crippen molar-refractivity contribution in [2.45, 2.75) is 13.1 Å². The topological polar surface area (TPSA) is 43.1 Å². The Morgan fingerprint density at radius 1 is 1.22 bits per heavy atom. The van der Waals surface area contributed by atoms with Gasteiger partial charge in [0.1, 0.15) is 0 Å². The van der Waals surface area contributed by atoms with Crippen molar-refractivity contribution in [3.8, 4) is 0 Å². The molecule has 18 heavy (non-hydrogen) atoms. The highest BCUT2D eigenvalue weighted by molar-refractivity contribution is 6.07. The summed E-state index contributed by atoms with van der Waals surface area (Å²) >= 11 is 0. The Hall–Kier alpha value is -2.11. The summed E-state index contributed by atoms with van der Waals surface area (Å²) in [5.74, 6) is -2.40. The van der Waals surface area contributed by atoms with Gasteiger partial charge in [0.05, 0.1) is 5.69 Å². The summed E-state index contributed by atoms with van der Waals surface area (Å²) in [6, 6.07) is 7.92. The molecule has 2 aromatic rings. The summed E-state index contributed by atoms with van der Waals surface area (Å²) in [4.78, 5) is 15.1. The second-order valence-corrected chi connectivity index (χ2v) is 3.63. The second kappa shape index (κ2) is 4.29. The Morgan fingerprint density at radius 3 is 2.33 bits per heavy atom. The Bertz CT molecular complexity index is 573. The Balaban J connectivity index is 2.41. The third kappa shape index (κ3) is 2.27. The van der Waals surface area contributed by atoms with Gasteiger partial charge in [0.15, 0.2) is 5.76 Å². The number of alkyl halides is 3. The van der Waals surface area contributed by atoms with Gasteiger partial charge in [-0.25, -0.2) is 4.98 Å². The fourth-order valence-corrected chi connectivity index (χ4v) is 1.45. The molecule has 0 radical (unpaired) electrons. The van der Waals surface area contributed by atoms with Crippen molar-refractivity contribution in [3.63, 3.8) is 0 Å². The van der Waals surface area contributed by atoms with E-state index in [0.717, 1.165) is 0 Å². The van der Waals surface area contributed by atoms with Gasteiger partial charge in [-0.2, -0.15) is 13.2 Å². The molecule has 0 spiro atoms. The number of ketones is 1. The second-order valence-electron chi connectivity index (χ2n) is 3.63. The molecule has 0 aliphatic heterocycles. The maximum absolute atomic E-state index is 12.4. The van der Waals surface area contributed by atoms with Gasteiger partial charge < -0.3 is 4.42 Å². The van der Waals surface area contributed by atoms with Crippen LogP contribution in [-0.4, -0.2) is 10.8 Å². The molecule has 0 amide bonds. The van der Waals surface area contributed by atoms with Crippen LogP contribution in [-0.2, 0) is 6.18 Å². The highest BCUT2D eigenvalue weighted by Crippen LogP contribution is 2.30. The van der Waals surface area contributed by atoms with Crippen LogP contribution in [0, 0.1) is 6.92 Å². The van der Waals surface area contributed by atoms with Gasteiger partial charge in [0, 0.05) is 5.56 Å². The van der Waals surface area contributed by atoms with E-state index in [1.165, 1.54) is 19.1 Å². The number of aryl methyl sites for hydroxylation is 1. The van der Waals surface area contributed by atoms with Crippen LogP contribution in [0.2, 0.25) is 0 Å². The minimum absolute atomic E-state index is 0.0730. The normalized spacial score (nSPS) is 11.6. The molecule has 0 unspecified atom stereocenters. The predicted molar refractivity (Wildman–Crippen MR) is 56.1 cm³/mol. The van der Waals surface area contributed by atoms with Crippen LogP contribution in [0.4, 0.5) is 13.2 Å². The van der Waals surface area contributed by atoms with Crippen molar-refractivity contribution in [1.29, 1.82) is 0 Å². The van der Waals surface area contributed by atoms with E-state index >= 15 is 0 Å². The van der Waals surface area contributed by atoms with Gasteiger partial charge in [-0.15, -0.1) is 0 Å². The van der Waals surface area contributed by atoms with Crippen LogP contribution < -0.4 is 0 Å². The molecule has 0 aliphatic rings. The summed E-state index contributed by atoms with van der Waals surface area (Å²) in [5.41, 5.74) is 0.182. The molecule has 0 saturated carbocycles. The fraction of sp³-hybridized carbons (Fsp3) is 0.167. The number of aromatic nitrogens is 1. The van der Waals surface area contributed by atoms with E-state index in [1.807, 2.05) is 0 Å². The maximum Gasteiger partial charge on any atom is 0.468 e. The Kier molecular flexibility index (Phi) is 2.94. The van der Waals surface area contributed by atoms with Crippen LogP contribution in [0.15, 0.2) is 34.7 Å². The summed E-state index contributed by atoms with van der Waals surface area (Å²) in [6.45, 7) is 1.30. The third-order valence-corrected chi connectivity index (χ3v) is 2.28. The molecule has 1 aromatic carbocycles. The molecule has 0 atom stereocenters. The summed E-state index contributed by atoms with van der Waals surface area (Å²) in [5, 5.41) is 0. The van der Waals surface area contributed by atoms with Gasteiger partial charge in [0.25, 0.3) is 0 Å². The quantitative estimate of drug-likeness (QED) is 0.774. The molecule has 1 aromatic heterocycles. The van der Waals surface area contributed by atoms with E-state index in [-0.39, 0.29) is 17.0 Å². The average Bonchev–Trinajstić information content (AvgIpc) is 2.71. The zero-order valence-electron chi connectivity index (χ0n) is 9.28. The first-order valence-corrected chi connectivity index (χ1v) is 5.04. The number of rotatable bonds is 2. The lowest BCUT2D eigenvalue weighted by atomic mass is 10.1. The summed E-state index contributed by atoms with van der Waals surface area (Å²) in [6.07, 6.45) is -4.69. The monoisotopic (exact) mass is 255 g/mol. The van der Waals surface area contributed by atoms with Crippen LogP contribution >= 0.6 is 0 Å². The van der Waals surface area contributed by atoms with Gasteiger partial charge in [-0.3, -0.25) is 4.79 Å². The highest BCUT2D eigenvalue weighted by Gasteiger charge is 2.38. The molecule has 0 bridgehead atoms. The van der Waals surface area contributed by atoms with E-state index in [9.17, 15) is 18.0 Å². The molecular weight excluding hydrogens is 247 g/mol. The van der Waals surface area contributed by atoms with Crippen molar-refractivity contribution in [2.75, 3.05) is 0 Å². The molecular formula is C12H8F3NO2. The zero-order valence-corrected chi connectivity index (χ0v) is 9.28. The first-order chi connectivity index (χ1) is 8.39. The molecule has 2 rings (SSSR count). The van der Waals surface area contributed by atoms with E-state index in [4.69, 9.17) is 0 Å². The molecule has 0 aliphatic carbocycles. The molecule has 0 N–H and O–H groups in total. The maximum atomic E-state index is 12.4. The lowest BCUT2D eigenvalue weighted by Gasteiger charge is -1.99. The van der Waals surface area contributed by atoms with Crippen molar-refractivity contribution in [1.82, 2.24) is 4.98 Å². The van der Waals surface area contributed by atoms with Crippen LogP contribution in [0.3, 0.4) is 0 Å². The smallest absolute Gasteiger partial charge is 0.429 e. The molecule has 0 saturated heterocycles.